The van der Waals surface area contributed by atoms with Gasteiger partial charge in [0.1, 0.15) is 5.82 Å². The molecule has 5 nitrogen and oxygen atoms in total. The number of nitrogens with one attached hydrogen (secondary N) is 1. The van der Waals surface area contributed by atoms with E-state index in [0.717, 1.165) is 6.07 Å². The highest BCUT2D eigenvalue weighted by molar-refractivity contribution is 7.89. The summed E-state index contributed by atoms with van der Waals surface area (Å²) in [5, 5.41) is 0.0902. The molecule has 1 N–H and O–H groups in total. The Bertz CT molecular complexity index is 853. The molecule has 0 saturated heterocycles. The second-order valence-electron chi connectivity index (χ2n) is 5.03. The highest BCUT2D eigenvalue weighted by Gasteiger charge is 2.21. The molecule has 0 spiro atoms. The summed E-state index contributed by atoms with van der Waals surface area (Å²) in [5.74, 6) is -1.14. The lowest BCUT2D eigenvalue weighted by atomic mass is 10.1. The molecule has 0 aliphatic carbocycles. The summed E-state index contributed by atoms with van der Waals surface area (Å²) < 4.78 is 44.9. The lowest BCUT2D eigenvalue weighted by Crippen LogP contribution is -2.27. The normalized spacial score (nSPS) is 12.7. The van der Waals surface area contributed by atoms with Gasteiger partial charge in [-0.1, -0.05) is 23.7 Å². The third-order valence-corrected chi connectivity index (χ3v) is 5.22. The molecule has 0 aliphatic heterocycles. The van der Waals surface area contributed by atoms with Crippen LogP contribution >= 0.6 is 11.6 Å². The number of halogens is 2. The molecular weight excluding hydrogens is 357 g/mol. The second-order valence-corrected chi connectivity index (χ2v) is 7.15. The Morgan fingerprint density at radius 3 is 2.42 bits per heavy atom. The van der Waals surface area contributed by atoms with Gasteiger partial charge in [0.15, 0.2) is 0 Å². The van der Waals surface area contributed by atoms with E-state index in [-0.39, 0.29) is 15.5 Å². The maximum Gasteiger partial charge on any atom is 0.339 e. The Balaban J connectivity index is 2.30. The standard InChI is InChI=1S/C16H15ClFNO4S/c1-10(11-3-5-12(18)6-4-11)19-24(21,22)13-7-8-15(17)14(9-13)16(20)23-2/h3-10,19H,1-2H3. The average molecular weight is 372 g/mol. The van der Waals surface area contributed by atoms with Gasteiger partial charge in [-0.25, -0.2) is 22.3 Å². The lowest BCUT2D eigenvalue weighted by Gasteiger charge is -2.15. The summed E-state index contributed by atoms with van der Waals surface area (Å²) >= 11 is 5.88. The molecule has 0 bridgehead atoms. The molecule has 0 fully saturated rings. The van der Waals surface area contributed by atoms with E-state index in [2.05, 4.69) is 9.46 Å². The molecule has 0 amide bonds. The van der Waals surface area contributed by atoms with Gasteiger partial charge in [0.05, 0.1) is 22.6 Å². The van der Waals surface area contributed by atoms with Crippen LogP contribution in [0.4, 0.5) is 4.39 Å². The number of hydrogen-bond donors (Lipinski definition) is 1. The minimum Gasteiger partial charge on any atom is -0.465 e. The summed E-state index contributed by atoms with van der Waals surface area (Å²) in [6.07, 6.45) is 0. The molecule has 2 rings (SSSR count). The van der Waals surface area contributed by atoms with Gasteiger partial charge in [0, 0.05) is 6.04 Å². The Morgan fingerprint density at radius 1 is 1.21 bits per heavy atom. The smallest absolute Gasteiger partial charge is 0.339 e. The average Bonchev–Trinajstić information content (AvgIpc) is 2.54. The molecule has 2 aromatic rings. The first-order valence-corrected chi connectivity index (χ1v) is 8.76. The van der Waals surface area contributed by atoms with Crippen molar-refractivity contribution in [1.29, 1.82) is 0 Å². The van der Waals surface area contributed by atoms with Gasteiger partial charge in [0.25, 0.3) is 0 Å². The molecule has 0 aliphatic rings. The third kappa shape index (κ3) is 4.11. The zero-order valence-electron chi connectivity index (χ0n) is 12.9. The first kappa shape index (κ1) is 18.4. The van der Waals surface area contributed by atoms with Crippen LogP contribution < -0.4 is 4.72 Å². The zero-order chi connectivity index (χ0) is 17.9. The van der Waals surface area contributed by atoms with E-state index >= 15 is 0 Å². The topological polar surface area (TPSA) is 72.5 Å². The van der Waals surface area contributed by atoms with Crippen LogP contribution in [0.25, 0.3) is 0 Å². The Labute approximate surface area is 144 Å². The maximum absolute atomic E-state index is 12.9. The first-order valence-electron chi connectivity index (χ1n) is 6.90. The zero-order valence-corrected chi connectivity index (χ0v) is 14.5. The molecule has 0 saturated carbocycles. The van der Waals surface area contributed by atoms with Crippen LogP contribution in [-0.2, 0) is 14.8 Å². The van der Waals surface area contributed by atoms with Crippen molar-refractivity contribution in [3.05, 3.63) is 64.4 Å². The minimum atomic E-state index is -3.91. The number of methoxy groups -OCH3 is 1. The molecule has 1 atom stereocenters. The van der Waals surface area contributed by atoms with Gasteiger partial charge in [0.2, 0.25) is 10.0 Å². The fourth-order valence-corrected chi connectivity index (χ4v) is 3.51. The Hall–Kier alpha value is -1.96. The molecule has 0 aromatic heterocycles. The number of sulfonamides is 1. The van der Waals surface area contributed by atoms with Crippen molar-refractivity contribution in [3.8, 4) is 0 Å². The van der Waals surface area contributed by atoms with Gasteiger partial charge in [-0.3, -0.25) is 0 Å². The number of rotatable bonds is 5. The second kappa shape index (κ2) is 7.29. The molecule has 24 heavy (non-hydrogen) atoms. The fraction of sp³-hybridized carbons (Fsp3) is 0.188. The molecule has 0 radical (unpaired) electrons. The largest absolute Gasteiger partial charge is 0.465 e. The van der Waals surface area contributed by atoms with Crippen molar-refractivity contribution < 1.29 is 22.3 Å². The van der Waals surface area contributed by atoms with Crippen LogP contribution in [0.3, 0.4) is 0 Å². The van der Waals surface area contributed by atoms with E-state index in [1.807, 2.05) is 0 Å². The van der Waals surface area contributed by atoms with E-state index in [4.69, 9.17) is 11.6 Å². The van der Waals surface area contributed by atoms with Crippen molar-refractivity contribution in [2.24, 2.45) is 0 Å². The van der Waals surface area contributed by atoms with Crippen LogP contribution in [0.1, 0.15) is 28.9 Å². The van der Waals surface area contributed by atoms with E-state index in [1.54, 1.807) is 6.92 Å². The molecule has 2 aromatic carbocycles. The number of carbonyl (C=O) groups is 1. The van der Waals surface area contributed by atoms with Crippen molar-refractivity contribution in [1.82, 2.24) is 4.72 Å². The van der Waals surface area contributed by atoms with Crippen molar-refractivity contribution in [2.75, 3.05) is 7.11 Å². The van der Waals surface area contributed by atoms with Gasteiger partial charge in [-0.05, 0) is 42.8 Å². The predicted octanol–water partition coefficient (Wildman–Crippen LogP) is 3.31. The lowest BCUT2D eigenvalue weighted by molar-refractivity contribution is 0.0600. The van der Waals surface area contributed by atoms with Gasteiger partial charge in [-0.2, -0.15) is 0 Å². The SMILES string of the molecule is COC(=O)c1cc(S(=O)(=O)NC(C)c2ccc(F)cc2)ccc1Cl. The number of carbonyl (C=O) groups excluding carboxylic acids is 1. The summed E-state index contributed by atoms with van der Waals surface area (Å²) in [4.78, 5) is 11.5. The van der Waals surface area contributed by atoms with Gasteiger partial charge < -0.3 is 4.74 Å². The maximum atomic E-state index is 12.9. The fourth-order valence-electron chi connectivity index (χ4n) is 2.06. The summed E-state index contributed by atoms with van der Waals surface area (Å²) in [7, 11) is -2.73. The molecule has 8 heteroatoms. The summed E-state index contributed by atoms with van der Waals surface area (Å²) in [5.41, 5.74) is 0.554. The van der Waals surface area contributed by atoms with Crippen LogP contribution in [0.2, 0.25) is 5.02 Å². The van der Waals surface area contributed by atoms with Crippen molar-refractivity contribution in [3.63, 3.8) is 0 Å². The van der Waals surface area contributed by atoms with E-state index in [1.165, 1.54) is 43.5 Å². The molecular formula is C16H15ClFNO4S. The highest BCUT2D eigenvalue weighted by Crippen LogP contribution is 2.23. The van der Waals surface area contributed by atoms with Crippen LogP contribution in [0, 0.1) is 5.82 Å². The van der Waals surface area contributed by atoms with Crippen LogP contribution in [-0.4, -0.2) is 21.5 Å². The highest BCUT2D eigenvalue weighted by atomic mass is 35.5. The van der Waals surface area contributed by atoms with Crippen molar-refractivity contribution in [2.45, 2.75) is 17.9 Å². The minimum absolute atomic E-state index is 0.0449. The number of ether oxygens (including phenoxy) is 1. The number of esters is 1. The van der Waals surface area contributed by atoms with Crippen molar-refractivity contribution >= 4 is 27.6 Å². The Kier molecular flexibility index (Phi) is 5.58. The number of hydrogen-bond acceptors (Lipinski definition) is 4. The van der Waals surface area contributed by atoms with Gasteiger partial charge in [-0.15, -0.1) is 0 Å². The first-order chi connectivity index (χ1) is 11.2. The molecule has 128 valence electrons. The van der Waals surface area contributed by atoms with Crippen LogP contribution in [0.15, 0.2) is 47.4 Å². The molecule has 0 heterocycles. The third-order valence-electron chi connectivity index (χ3n) is 3.36. The number of benzene rings is 2. The quantitative estimate of drug-likeness (QED) is 0.818. The monoisotopic (exact) mass is 371 g/mol. The predicted molar refractivity (Wildman–Crippen MR) is 87.9 cm³/mol. The van der Waals surface area contributed by atoms with E-state index < -0.39 is 27.9 Å². The van der Waals surface area contributed by atoms with Gasteiger partial charge >= 0.3 is 5.97 Å². The summed E-state index contributed by atoms with van der Waals surface area (Å²) in [6, 6.07) is 8.63. The molecule has 1 unspecified atom stereocenters. The van der Waals surface area contributed by atoms with E-state index in [9.17, 15) is 17.6 Å². The Morgan fingerprint density at radius 2 is 1.83 bits per heavy atom. The summed E-state index contributed by atoms with van der Waals surface area (Å²) in [6.45, 7) is 1.63. The van der Waals surface area contributed by atoms with Crippen LogP contribution in [0.5, 0.6) is 0 Å². The van der Waals surface area contributed by atoms with E-state index in [0.29, 0.717) is 5.56 Å².